The van der Waals surface area contributed by atoms with Gasteiger partial charge in [0.05, 0.1) is 12.7 Å². The predicted octanol–water partition coefficient (Wildman–Crippen LogP) is 3.53. The van der Waals surface area contributed by atoms with E-state index in [1.54, 1.807) is 55.5 Å². The summed E-state index contributed by atoms with van der Waals surface area (Å²) < 4.78 is 18.7. The number of ether oxygens (including phenoxy) is 1. The van der Waals surface area contributed by atoms with Crippen molar-refractivity contribution in [2.24, 2.45) is 0 Å². The molecular weight excluding hydrogens is 411 g/mol. The fourth-order valence-electron chi connectivity index (χ4n) is 3.06. The fraction of sp³-hybridized carbons (Fsp3) is 0.160. The summed E-state index contributed by atoms with van der Waals surface area (Å²) in [6.07, 6.45) is 0. The van der Waals surface area contributed by atoms with E-state index in [9.17, 15) is 18.8 Å². The number of aryl methyl sites for hydroxylation is 1. The van der Waals surface area contributed by atoms with Crippen molar-refractivity contribution in [3.05, 3.63) is 100 Å². The second-order valence-electron chi connectivity index (χ2n) is 7.08. The zero-order valence-electron chi connectivity index (χ0n) is 17.8. The number of hydrogen-bond acceptors (Lipinski definition) is 4. The maximum absolute atomic E-state index is 13.6. The molecule has 0 spiro atoms. The van der Waals surface area contributed by atoms with Crippen LogP contribution in [0.5, 0.6) is 5.75 Å². The summed E-state index contributed by atoms with van der Waals surface area (Å²) in [4.78, 5) is 37.7. The van der Waals surface area contributed by atoms with Gasteiger partial charge in [0.15, 0.2) is 5.78 Å². The molecule has 2 N–H and O–H groups in total. The number of rotatable bonds is 8. The summed E-state index contributed by atoms with van der Waals surface area (Å²) in [7, 11) is 1.54. The van der Waals surface area contributed by atoms with Gasteiger partial charge in [-0.3, -0.25) is 14.4 Å². The van der Waals surface area contributed by atoms with Crippen molar-refractivity contribution in [2.45, 2.75) is 6.92 Å². The molecule has 0 aromatic heterocycles. The zero-order valence-corrected chi connectivity index (χ0v) is 17.8. The van der Waals surface area contributed by atoms with Gasteiger partial charge in [-0.15, -0.1) is 0 Å². The highest BCUT2D eigenvalue weighted by Crippen LogP contribution is 2.18. The zero-order chi connectivity index (χ0) is 23.1. The highest BCUT2D eigenvalue weighted by atomic mass is 19.1. The Labute approximate surface area is 185 Å². The maximum atomic E-state index is 13.6. The van der Waals surface area contributed by atoms with Crippen LogP contribution in [0, 0.1) is 12.7 Å². The topological polar surface area (TPSA) is 84.5 Å². The van der Waals surface area contributed by atoms with Crippen LogP contribution >= 0.6 is 0 Å². The van der Waals surface area contributed by atoms with Crippen LogP contribution in [-0.4, -0.2) is 37.8 Å². The number of ketones is 1. The Morgan fingerprint density at radius 1 is 0.812 bits per heavy atom. The third kappa shape index (κ3) is 5.37. The normalized spacial score (nSPS) is 10.3. The number of hydrogen-bond donors (Lipinski definition) is 2. The Kier molecular flexibility index (Phi) is 7.33. The van der Waals surface area contributed by atoms with E-state index in [1.807, 2.05) is 0 Å². The number of benzene rings is 3. The van der Waals surface area contributed by atoms with Crippen molar-refractivity contribution in [1.82, 2.24) is 10.6 Å². The molecule has 7 heteroatoms. The van der Waals surface area contributed by atoms with Crippen LogP contribution < -0.4 is 15.4 Å². The average Bonchev–Trinajstić information content (AvgIpc) is 2.82. The van der Waals surface area contributed by atoms with E-state index < -0.39 is 17.6 Å². The lowest BCUT2D eigenvalue weighted by Gasteiger charge is -2.11. The number of methoxy groups -OCH3 is 1. The van der Waals surface area contributed by atoms with Crippen molar-refractivity contribution in [2.75, 3.05) is 20.2 Å². The molecule has 0 saturated heterocycles. The smallest absolute Gasteiger partial charge is 0.252 e. The van der Waals surface area contributed by atoms with Crippen LogP contribution in [0.4, 0.5) is 4.39 Å². The summed E-state index contributed by atoms with van der Waals surface area (Å²) in [5.74, 6) is -0.980. The molecule has 164 valence electrons. The van der Waals surface area contributed by atoms with Crippen molar-refractivity contribution in [3.63, 3.8) is 0 Å². The molecule has 3 rings (SSSR count). The summed E-state index contributed by atoms with van der Waals surface area (Å²) >= 11 is 0. The maximum Gasteiger partial charge on any atom is 0.252 e. The van der Waals surface area contributed by atoms with E-state index >= 15 is 0 Å². The van der Waals surface area contributed by atoms with Gasteiger partial charge in [-0.1, -0.05) is 24.3 Å². The Hall–Kier alpha value is -4.00. The van der Waals surface area contributed by atoms with E-state index in [-0.39, 0.29) is 35.6 Å². The molecule has 0 aliphatic rings. The molecule has 32 heavy (non-hydrogen) atoms. The first kappa shape index (κ1) is 22.7. The third-order valence-corrected chi connectivity index (χ3v) is 4.90. The molecule has 0 unspecified atom stereocenters. The lowest BCUT2D eigenvalue weighted by atomic mass is 9.98. The van der Waals surface area contributed by atoms with E-state index in [1.165, 1.54) is 25.3 Å². The predicted molar refractivity (Wildman–Crippen MR) is 119 cm³/mol. The first-order valence-corrected chi connectivity index (χ1v) is 10.0. The quantitative estimate of drug-likeness (QED) is 0.420. The van der Waals surface area contributed by atoms with Crippen LogP contribution in [0.2, 0.25) is 0 Å². The van der Waals surface area contributed by atoms with Crippen molar-refractivity contribution in [3.8, 4) is 5.75 Å². The number of amides is 2. The minimum absolute atomic E-state index is 0.143. The standard InChI is InChI=1S/C25H23FN2O4/c1-16-7-8-18(15-22(16)26)24(30)27-13-14-28-25(31)21-6-4-3-5-20(21)23(29)17-9-11-19(32-2)12-10-17/h3-12,15H,13-14H2,1-2H3,(H,27,30)(H,28,31). The molecule has 0 atom stereocenters. The first-order valence-electron chi connectivity index (χ1n) is 10.0. The Morgan fingerprint density at radius 3 is 2.03 bits per heavy atom. The average molecular weight is 434 g/mol. The SMILES string of the molecule is COc1ccc(C(=O)c2ccccc2C(=O)NCCNC(=O)c2ccc(C)c(F)c2)cc1. The van der Waals surface area contributed by atoms with Crippen LogP contribution in [0.25, 0.3) is 0 Å². The first-order chi connectivity index (χ1) is 15.4. The second-order valence-corrected chi connectivity index (χ2v) is 7.08. The summed E-state index contributed by atoms with van der Waals surface area (Å²) in [6.45, 7) is 1.91. The highest BCUT2D eigenvalue weighted by Gasteiger charge is 2.18. The summed E-state index contributed by atoms with van der Waals surface area (Å²) in [5, 5.41) is 5.32. The molecule has 0 saturated carbocycles. The molecule has 3 aromatic carbocycles. The van der Waals surface area contributed by atoms with Gasteiger partial charge < -0.3 is 15.4 Å². The molecule has 3 aromatic rings. The molecule has 6 nitrogen and oxygen atoms in total. The van der Waals surface area contributed by atoms with E-state index in [0.29, 0.717) is 16.9 Å². The largest absolute Gasteiger partial charge is 0.497 e. The minimum Gasteiger partial charge on any atom is -0.497 e. The Morgan fingerprint density at radius 2 is 1.41 bits per heavy atom. The fourth-order valence-corrected chi connectivity index (χ4v) is 3.06. The van der Waals surface area contributed by atoms with Crippen molar-refractivity contribution >= 4 is 17.6 Å². The summed E-state index contributed by atoms with van der Waals surface area (Å²) in [6, 6.07) is 17.4. The van der Waals surface area contributed by atoms with Gasteiger partial charge in [0.1, 0.15) is 11.6 Å². The van der Waals surface area contributed by atoms with Gasteiger partial charge in [0.2, 0.25) is 0 Å². The van der Waals surface area contributed by atoms with E-state index in [4.69, 9.17) is 4.74 Å². The van der Waals surface area contributed by atoms with E-state index in [2.05, 4.69) is 10.6 Å². The van der Waals surface area contributed by atoms with Crippen LogP contribution in [-0.2, 0) is 0 Å². The van der Waals surface area contributed by atoms with Crippen molar-refractivity contribution in [1.29, 1.82) is 0 Å². The number of carbonyl (C=O) groups is 3. The van der Waals surface area contributed by atoms with Crippen molar-refractivity contribution < 1.29 is 23.5 Å². The van der Waals surface area contributed by atoms with Gasteiger partial charge in [-0.05, 0) is 55.0 Å². The Bertz CT molecular complexity index is 1140. The van der Waals surface area contributed by atoms with Gasteiger partial charge >= 0.3 is 0 Å². The molecule has 0 radical (unpaired) electrons. The molecule has 2 amide bonds. The molecule has 0 fully saturated rings. The molecular formula is C25H23FN2O4. The molecule has 0 aliphatic carbocycles. The van der Waals surface area contributed by atoms with Crippen LogP contribution in [0.3, 0.4) is 0 Å². The second kappa shape index (κ2) is 10.3. The van der Waals surface area contributed by atoms with Gasteiger partial charge in [-0.2, -0.15) is 0 Å². The van der Waals surface area contributed by atoms with Gasteiger partial charge in [0.25, 0.3) is 11.8 Å². The third-order valence-electron chi connectivity index (χ3n) is 4.90. The molecule has 0 heterocycles. The van der Waals surface area contributed by atoms with Gasteiger partial charge in [-0.25, -0.2) is 4.39 Å². The van der Waals surface area contributed by atoms with Crippen LogP contribution in [0.1, 0.15) is 42.2 Å². The van der Waals surface area contributed by atoms with Gasteiger partial charge in [0, 0.05) is 29.8 Å². The monoisotopic (exact) mass is 434 g/mol. The minimum atomic E-state index is -0.455. The molecule has 0 bridgehead atoms. The Balaban J connectivity index is 1.60. The highest BCUT2D eigenvalue weighted by molar-refractivity contribution is 6.15. The summed E-state index contributed by atoms with van der Waals surface area (Å²) in [5.41, 5.74) is 1.60. The lowest BCUT2D eigenvalue weighted by Crippen LogP contribution is -2.35. The van der Waals surface area contributed by atoms with E-state index in [0.717, 1.165) is 0 Å². The van der Waals surface area contributed by atoms with Crippen LogP contribution in [0.15, 0.2) is 66.7 Å². The number of nitrogens with one attached hydrogen (secondary N) is 2. The molecule has 0 aliphatic heterocycles. The lowest BCUT2D eigenvalue weighted by molar-refractivity contribution is 0.0924. The number of carbonyl (C=O) groups excluding carboxylic acids is 3. The number of halogens is 1.